The summed E-state index contributed by atoms with van der Waals surface area (Å²) < 4.78 is 1.92. The highest BCUT2D eigenvalue weighted by Crippen LogP contribution is 2.27. The van der Waals surface area contributed by atoms with E-state index in [-0.39, 0.29) is 0 Å². The number of benzene rings is 1. The molecule has 0 saturated heterocycles. The van der Waals surface area contributed by atoms with E-state index in [2.05, 4.69) is 53.4 Å². The molecule has 3 rings (SSSR count). The molecule has 0 saturated carbocycles. The van der Waals surface area contributed by atoms with Crippen molar-refractivity contribution in [1.82, 2.24) is 9.66 Å². The Morgan fingerprint density at radius 3 is 2.64 bits per heavy atom. The maximum atomic E-state index is 4.67. The molecule has 0 aliphatic rings. The van der Waals surface area contributed by atoms with Crippen molar-refractivity contribution in [2.75, 3.05) is 6.54 Å². The Bertz CT molecular complexity index is 965. The Hall–Kier alpha value is -2.53. The predicted molar refractivity (Wildman–Crippen MR) is 105 cm³/mol. The minimum absolute atomic E-state index is 0.727. The van der Waals surface area contributed by atoms with Crippen LogP contribution in [0.3, 0.4) is 0 Å². The number of hydrogen-bond donors (Lipinski definition) is 0. The van der Waals surface area contributed by atoms with Crippen molar-refractivity contribution in [3.63, 3.8) is 0 Å². The lowest BCUT2D eigenvalue weighted by Gasteiger charge is -2.10. The van der Waals surface area contributed by atoms with Crippen molar-refractivity contribution in [2.45, 2.75) is 27.7 Å². The largest absolute Gasteiger partial charge is 0.258 e. The van der Waals surface area contributed by atoms with Gasteiger partial charge in [0, 0.05) is 23.7 Å². The molecule has 4 nitrogen and oxygen atoms in total. The highest BCUT2D eigenvalue weighted by molar-refractivity contribution is 7.07. The third-order valence-corrected chi connectivity index (χ3v) is 4.94. The van der Waals surface area contributed by atoms with Crippen LogP contribution in [0.1, 0.15) is 29.3 Å². The molecular formula is C20H22N4S. The molecule has 0 aliphatic heterocycles. The van der Waals surface area contributed by atoms with E-state index in [1.807, 2.05) is 29.8 Å². The van der Waals surface area contributed by atoms with Crippen molar-refractivity contribution < 1.29 is 0 Å². The van der Waals surface area contributed by atoms with Crippen LogP contribution < -0.4 is 4.80 Å². The number of rotatable bonds is 4. The van der Waals surface area contributed by atoms with E-state index < -0.39 is 0 Å². The molecule has 0 radical (unpaired) electrons. The molecule has 5 heteroatoms. The first-order chi connectivity index (χ1) is 12.1. The zero-order chi connectivity index (χ0) is 17.8. The summed E-state index contributed by atoms with van der Waals surface area (Å²) in [6.45, 7) is 9.19. The maximum absolute atomic E-state index is 4.67. The fourth-order valence-corrected chi connectivity index (χ4v) is 3.54. The zero-order valence-corrected chi connectivity index (χ0v) is 15.8. The van der Waals surface area contributed by atoms with Gasteiger partial charge in [0.05, 0.1) is 17.6 Å². The van der Waals surface area contributed by atoms with Crippen molar-refractivity contribution in [2.24, 2.45) is 10.1 Å². The fourth-order valence-electron chi connectivity index (χ4n) is 2.65. The summed E-state index contributed by atoms with van der Waals surface area (Å²) in [6, 6.07) is 10.3. The van der Waals surface area contributed by atoms with Crippen molar-refractivity contribution in [1.29, 1.82) is 0 Å². The zero-order valence-electron chi connectivity index (χ0n) is 15.0. The summed E-state index contributed by atoms with van der Waals surface area (Å²) >= 11 is 1.61. The normalized spacial score (nSPS) is 12.2. The second-order valence-electron chi connectivity index (χ2n) is 5.94. The number of hydrogen-bond acceptors (Lipinski definition) is 4. The lowest BCUT2D eigenvalue weighted by Crippen LogP contribution is -2.13. The number of pyridine rings is 1. The number of nitrogens with zero attached hydrogens (tertiary/aromatic N) is 4. The van der Waals surface area contributed by atoms with Crippen LogP contribution in [0, 0.1) is 20.8 Å². The minimum atomic E-state index is 0.727. The lowest BCUT2D eigenvalue weighted by molar-refractivity contribution is 0.831. The van der Waals surface area contributed by atoms with Gasteiger partial charge in [0.1, 0.15) is 0 Å². The summed E-state index contributed by atoms with van der Waals surface area (Å²) in [6.07, 6.45) is 3.55. The average Bonchev–Trinajstić information content (AvgIpc) is 3.00. The quantitative estimate of drug-likeness (QED) is 0.645. The summed E-state index contributed by atoms with van der Waals surface area (Å²) in [5, 5.41) is 6.80. The molecule has 0 bridgehead atoms. The summed E-state index contributed by atoms with van der Waals surface area (Å²) in [5.74, 6) is 0. The molecule has 3 aromatic rings. The monoisotopic (exact) mass is 350 g/mol. The van der Waals surface area contributed by atoms with Gasteiger partial charge in [-0.05, 0) is 62.6 Å². The summed E-state index contributed by atoms with van der Waals surface area (Å²) in [4.78, 5) is 9.78. The third-order valence-electron chi connectivity index (χ3n) is 4.09. The number of aryl methyl sites for hydroxylation is 3. The minimum Gasteiger partial charge on any atom is -0.258 e. The van der Waals surface area contributed by atoms with Crippen LogP contribution >= 0.6 is 11.3 Å². The van der Waals surface area contributed by atoms with E-state index in [1.165, 1.54) is 22.3 Å². The van der Waals surface area contributed by atoms with Crippen LogP contribution in [0.15, 0.2) is 52.0 Å². The van der Waals surface area contributed by atoms with E-state index in [0.717, 1.165) is 22.7 Å². The molecule has 128 valence electrons. The van der Waals surface area contributed by atoms with Gasteiger partial charge in [-0.3, -0.25) is 9.98 Å². The van der Waals surface area contributed by atoms with Gasteiger partial charge in [0.25, 0.3) is 0 Å². The van der Waals surface area contributed by atoms with Gasteiger partial charge in [0.15, 0.2) is 0 Å². The SMILES string of the molecule is CCN=c1scc(-c2cc(C)c(C)cc2C)n1N=Cc1ccccn1. The Morgan fingerprint density at radius 2 is 1.92 bits per heavy atom. The molecule has 0 unspecified atom stereocenters. The van der Waals surface area contributed by atoms with Gasteiger partial charge in [-0.25, -0.2) is 4.68 Å². The first-order valence-electron chi connectivity index (χ1n) is 8.34. The van der Waals surface area contributed by atoms with E-state index >= 15 is 0 Å². The van der Waals surface area contributed by atoms with Crippen molar-refractivity contribution in [3.8, 4) is 11.3 Å². The third kappa shape index (κ3) is 3.77. The van der Waals surface area contributed by atoms with Gasteiger partial charge in [0.2, 0.25) is 4.80 Å². The van der Waals surface area contributed by atoms with Crippen LogP contribution in [0.5, 0.6) is 0 Å². The fraction of sp³-hybridized carbons (Fsp3) is 0.250. The molecule has 0 N–H and O–H groups in total. The van der Waals surface area contributed by atoms with E-state index in [9.17, 15) is 0 Å². The van der Waals surface area contributed by atoms with Gasteiger partial charge < -0.3 is 0 Å². The molecule has 0 amide bonds. The van der Waals surface area contributed by atoms with E-state index in [1.54, 1.807) is 23.7 Å². The topological polar surface area (TPSA) is 42.5 Å². The second-order valence-corrected chi connectivity index (χ2v) is 6.78. The number of aromatic nitrogens is 2. The molecular weight excluding hydrogens is 328 g/mol. The Kier molecular flexibility index (Phi) is 5.24. The van der Waals surface area contributed by atoms with Gasteiger partial charge in [-0.2, -0.15) is 5.10 Å². The van der Waals surface area contributed by atoms with Crippen LogP contribution in [0.4, 0.5) is 0 Å². The second kappa shape index (κ2) is 7.57. The summed E-state index contributed by atoms with van der Waals surface area (Å²) in [7, 11) is 0. The van der Waals surface area contributed by atoms with E-state index in [4.69, 9.17) is 0 Å². The number of thiazole rings is 1. The highest BCUT2D eigenvalue weighted by atomic mass is 32.1. The van der Waals surface area contributed by atoms with Crippen molar-refractivity contribution >= 4 is 17.6 Å². The first-order valence-corrected chi connectivity index (χ1v) is 9.22. The van der Waals surface area contributed by atoms with Crippen LogP contribution in [0.25, 0.3) is 11.3 Å². The molecule has 0 fully saturated rings. The Balaban J connectivity index is 2.14. The maximum Gasteiger partial charge on any atom is 0.206 e. The first kappa shape index (κ1) is 17.3. The molecule has 0 aliphatic carbocycles. The molecule has 2 heterocycles. The molecule has 25 heavy (non-hydrogen) atoms. The predicted octanol–water partition coefficient (Wildman–Crippen LogP) is 4.34. The smallest absolute Gasteiger partial charge is 0.206 e. The van der Waals surface area contributed by atoms with Gasteiger partial charge in [-0.15, -0.1) is 11.3 Å². The Labute approximate surface area is 152 Å². The van der Waals surface area contributed by atoms with E-state index in [0.29, 0.717) is 0 Å². The van der Waals surface area contributed by atoms with Gasteiger partial charge in [-0.1, -0.05) is 12.1 Å². The van der Waals surface area contributed by atoms with Crippen LogP contribution in [-0.2, 0) is 0 Å². The van der Waals surface area contributed by atoms with Crippen LogP contribution in [-0.4, -0.2) is 22.4 Å². The lowest BCUT2D eigenvalue weighted by atomic mass is 9.99. The molecule has 0 atom stereocenters. The standard InChI is InChI=1S/C20H22N4S/c1-5-21-20-24(23-12-17-8-6-7-9-22-17)19(13-25-20)18-11-15(3)14(2)10-16(18)4/h6-13H,5H2,1-4H3. The van der Waals surface area contributed by atoms with Gasteiger partial charge >= 0.3 is 0 Å². The molecule has 0 spiro atoms. The molecule has 2 aromatic heterocycles. The summed E-state index contributed by atoms with van der Waals surface area (Å²) in [5.41, 5.74) is 6.90. The highest BCUT2D eigenvalue weighted by Gasteiger charge is 2.11. The Morgan fingerprint density at radius 1 is 1.12 bits per heavy atom. The average molecular weight is 350 g/mol. The molecule has 1 aromatic carbocycles. The van der Waals surface area contributed by atoms with Crippen LogP contribution in [0.2, 0.25) is 0 Å². The van der Waals surface area contributed by atoms with Crippen molar-refractivity contribution in [3.05, 3.63) is 69.1 Å².